The molecule has 2 N–H and O–H groups in total. The van der Waals surface area contributed by atoms with Gasteiger partial charge in [-0.1, -0.05) is 37.3 Å². The minimum absolute atomic E-state index is 0.0550. The van der Waals surface area contributed by atoms with Crippen LogP contribution in [0.3, 0.4) is 0 Å². The van der Waals surface area contributed by atoms with Gasteiger partial charge in [-0.25, -0.2) is 0 Å². The van der Waals surface area contributed by atoms with Crippen molar-refractivity contribution in [2.24, 2.45) is 5.92 Å². The fraction of sp³-hybridized carbons (Fsp3) is 0.576. The first-order chi connectivity index (χ1) is 19.6. The van der Waals surface area contributed by atoms with Crippen LogP contribution < -0.4 is 14.8 Å². The number of rotatable bonds is 16. The summed E-state index contributed by atoms with van der Waals surface area (Å²) in [4.78, 5) is 26.6. The molecule has 226 valence electrons. The molecule has 0 heterocycles. The zero-order valence-corrected chi connectivity index (χ0v) is 25.6. The smallest absolute Gasteiger partial charge is 0.224 e. The van der Waals surface area contributed by atoms with Gasteiger partial charge in [-0.3, -0.25) is 9.59 Å². The first-order valence-electron chi connectivity index (χ1n) is 14.7. The second-order valence-electron chi connectivity index (χ2n) is 11.0. The minimum Gasteiger partial charge on any atom is -0.493 e. The maximum atomic E-state index is 13.9. The number of carbonyl (C=O) groups excluding carboxylic acids is 2. The molecule has 1 amide bonds. The summed E-state index contributed by atoms with van der Waals surface area (Å²) in [6, 6.07) is 13.7. The molecule has 0 aromatic heterocycles. The Hall–Kier alpha value is -2.94. The van der Waals surface area contributed by atoms with Gasteiger partial charge in [-0.05, 0) is 70.2 Å². The average Bonchev–Trinajstić information content (AvgIpc) is 2.92. The normalized spacial score (nSPS) is 21.2. The number of ether oxygens (including phenoxy) is 4. The Balaban J connectivity index is 1.92. The van der Waals surface area contributed by atoms with E-state index < -0.39 is 17.6 Å². The van der Waals surface area contributed by atoms with Crippen LogP contribution in [0.25, 0.3) is 0 Å². The van der Waals surface area contributed by atoms with Crippen molar-refractivity contribution < 1.29 is 33.6 Å². The Morgan fingerprint density at radius 1 is 1.00 bits per heavy atom. The van der Waals surface area contributed by atoms with Crippen LogP contribution in [0.1, 0.15) is 95.6 Å². The molecule has 0 bridgehead atoms. The van der Waals surface area contributed by atoms with Crippen LogP contribution >= 0.6 is 0 Å². The standard InChI is InChI=1S/C33H47NO7/c1-8-39-29-17-26(18-30(40-9-2)31(29)22(4)35)21(3)28(15-16-41-23(5)25-13-11-10-12-14-25)32(37)34-33(24(6)36)19-27(20-33)38-7/h10-14,17-18,21-23,27-28,35H,8-9,15-16,19-20H2,1-7H3,(H,34,37)/t21-,22?,23+,27?,28?,33?/m1/s1. The molecule has 2 aromatic rings. The van der Waals surface area contributed by atoms with E-state index in [1.54, 1.807) is 14.0 Å². The van der Waals surface area contributed by atoms with Gasteiger partial charge in [-0.2, -0.15) is 0 Å². The highest BCUT2D eigenvalue weighted by Gasteiger charge is 2.50. The maximum absolute atomic E-state index is 13.9. The Labute approximate surface area is 244 Å². The van der Waals surface area contributed by atoms with Gasteiger partial charge in [0, 0.05) is 32.5 Å². The molecule has 2 aromatic carbocycles. The van der Waals surface area contributed by atoms with Gasteiger partial charge in [0.1, 0.15) is 17.0 Å². The van der Waals surface area contributed by atoms with Gasteiger partial charge in [-0.15, -0.1) is 0 Å². The zero-order chi connectivity index (χ0) is 30.2. The summed E-state index contributed by atoms with van der Waals surface area (Å²) in [6.45, 7) is 12.1. The lowest BCUT2D eigenvalue weighted by Gasteiger charge is -2.46. The lowest BCUT2D eigenvalue weighted by molar-refractivity contribution is -0.143. The van der Waals surface area contributed by atoms with Crippen LogP contribution in [0.4, 0.5) is 0 Å². The lowest BCUT2D eigenvalue weighted by Crippen LogP contribution is -2.65. The van der Waals surface area contributed by atoms with E-state index in [-0.39, 0.29) is 29.8 Å². The third-order valence-corrected chi connectivity index (χ3v) is 8.20. The molecule has 8 nitrogen and oxygen atoms in total. The summed E-state index contributed by atoms with van der Waals surface area (Å²) in [5, 5.41) is 13.6. The van der Waals surface area contributed by atoms with E-state index in [9.17, 15) is 14.7 Å². The Morgan fingerprint density at radius 3 is 2.07 bits per heavy atom. The van der Waals surface area contributed by atoms with E-state index in [1.165, 1.54) is 6.92 Å². The number of hydrogen-bond donors (Lipinski definition) is 2. The third kappa shape index (κ3) is 7.87. The van der Waals surface area contributed by atoms with Crippen molar-refractivity contribution in [2.45, 2.75) is 90.6 Å². The van der Waals surface area contributed by atoms with Crippen LogP contribution in [0, 0.1) is 5.92 Å². The molecular formula is C33H47NO7. The summed E-state index contributed by atoms with van der Waals surface area (Å²) in [7, 11) is 1.62. The molecule has 8 heteroatoms. The first-order valence-corrected chi connectivity index (χ1v) is 14.7. The van der Waals surface area contributed by atoms with Crippen molar-refractivity contribution in [1.82, 2.24) is 5.32 Å². The summed E-state index contributed by atoms with van der Waals surface area (Å²) >= 11 is 0. The molecule has 2 unspecified atom stereocenters. The monoisotopic (exact) mass is 569 g/mol. The molecular weight excluding hydrogens is 522 g/mol. The highest BCUT2D eigenvalue weighted by Crippen LogP contribution is 2.41. The molecule has 0 aliphatic heterocycles. The van der Waals surface area contributed by atoms with E-state index in [1.807, 2.05) is 70.2 Å². The van der Waals surface area contributed by atoms with Gasteiger partial charge < -0.3 is 29.4 Å². The fourth-order valence-electron chi connectivity index (χ4n) is 5.57. The van der Waals surface area contributed by atoms with Crippen LogP contribution in [-0.4, -0.2) is 55.4 Å². The number of nitrogens with one attached hydrogen (secondary N) is 1. The summed E-state index contributed by atoms with van der Waals surface area (Å²) in [6.07, 6.45) is 0.376. The SMILES string of the molecule is CCOc1cc([C@@H](C)C(CCO[C@@H](C)c2ccccc2)C(=O)NC2(C(C)=O)CC(OC)C2)cc(OCC)c1C(C)O. The van der Waals surface area contributed by atoms with Crippen molar-refractivity contribution in [3.05, 3.63) is 59.2 Å². The Bertz CT molecular complexity index is 1120. The number of benzene rings is 2. The number of methoxy groups -OCH3 is 1. The number of hydrogen-bond acceptors (Lipinski definition) is 7. The summed E-state index contributed by atoms with van der Waals surface area (Å²) in [5.74, 6) is 0.0226. The van der Waals surface area contributed by atoms with Gasteiger partial charge in [0.15, 0.2) is 5.78 Å². The maximum Gasteiger partial charge on any atom is 0.224 e. The first kappa shape index (κ1) is 32.6. The van der Waals surface area contributed by atoms with E-state index >= 15 is 0 Å². The molecule has 1 aliphatic carbocycles. The molecule has 0 spiro atoms. The van der Waals surface area contributed by atoms with E-state index in [0.29, 0.717) is 56.1 Å². The van der Waals surface area contributed by atoms with E-state index in [2.05, 4.69) is 5.32 Å². The van der Waals surface area contributed by atoms with Crippen LogP contribution in [0.2, 0.25) is 0 Å². The summed E-state index contributed by atoms with van der Waals surface area (Å²) < 4.78 is 23.4. The Kier molecular flexibility index (Phi) is 11.8. The number of Topliss-reactive ketones (excluding diaryl/α,β-unsaturated/α-hetero) is 1. The number of amides is 1. The highest BCUT2D eigenvalue weighted by atomic mass is 16.5. The van der Waals surface area contributed by atoms with Crippen molar-refractivity contribution in [1.29, 1.82) is 0 Å². The molecule has 0 saturated heterocycles. The predicted octanol–water partition coefficient (Wildman–Crippen LogP) is 5.68. The van der Waals surface area contributed by atoms with E-state index in [0.717, 1.165) is 11.1 Å². The molecule has 1 aliphatic rings. The van der Waals surface area contributed by atoms with Crippen molar-refractivity contribution >= 4 is 11.7 Å². The van der Waals surface area contributed by atoms with Gasteiger partial charge in [0.25, 0.3) is 0 Å². The van der Waals surface area contributed by atoms with Crippen LogP contribution in [0.15, 0.2) is 42.5 Å². The van der Waals surface area contributed by atoms with Crippen LogP contribution in [-0.2, 0) is 19.1 Å². The van der Waals surface area contributed by atoms with Gasteiger partial charge in [0.05, 0.1) is 37.1 Å². The number of aliphatic hydroxyl groups excluding tert-OH is 1. The number of carbonyl (C=O) groups is 2. The second kappa shape index (κ2) is 14.8. The van der Waals surface area contributed by atoms with Crippen molar-refractivity contribution in [3.63, 3.8) is 0 Å². The van der Waals surface area contributed by atoms with E-state index in [4.69, 9.17) is 18.9 Å². The minimum atomic E-state index is -0.920. The molecule has 1 fully saturated rings. The number of ketones is 1. The third-order valence-electron chi connectivity index (χ3n) is 8.20. The average molecular weight is 570 g/mol. The molecule has 0 radical (unpaired) electrons. The van der Waals surface area contributed by atoms with Gasteiger partial charge >= 0.3 is 0 Å². The van der Waals surface area contributed by atoms with Gasteiger partial charge in [0.2, 0.25) is 5.91 Å². The zero-order valence-electron chi connectivity index (χ0n) is 25.6. The molecule has 4 atom stereocenters. The van der Waals surface area contributed by atoms with Crippen LogP contribution in [0.5, 0.6) is 11.5 Å². The predicted molar refractivity (Wildman–Crippen MR) is 158 cm³/mol. The summed E-state index contributed by atoms with van der Waals surface area (Å²) in [5.41, 5.74) is 1.57. The van der Waals surface area contributed by atoms with Crippen molar-refractivity contribution in [3.8, 4) is 11.5 Å². The highest BCUT2D eigenvalue weighted by molar-refractivity contribution is 5.93. The molecule has 1 saturated carbocycles. The second-order valence-corrected chi connectivity index (χ2v) is 11.0. The largest absolute Gasteiger partial charge is 0.493 e. The molecule has 3 rings (SSSR count). The fourth-order valence-corrected chi connectivity index (χ4v) is 5.57. The quantitative estimate of drug-likeness (QED) is 0.268. The lowest BCUT2D eigenvalue weighted by atomic mass is 9.71. The Morgan fingerprint density at radius 2 is 1.59 bits per heavy atom. The number of aliphatic hydroxyl groups is 1. The van der Waals surface area contributed by atoms with Crippen molar-refractivity contribution in [2.75, 3.05) is 26.9 Å². The topological polar surface area (TPSA) is 103 Å². The molecule has 41 heavy (non-hydrogen) atoms.